The monoisotopic (exact) mass is 371 g/mol. The van der Waals surface area contributed by atoms with Gasteiger partial charge in [0, 0.05) is 25.7 Å². The van der Waals surface area contributed by atoms with Crippen molar-refractivity contribution in [1.82, 2.24) is 10.2 Å². The Hall–Kier alpha value is -0.810. The number of benzene rings is 1. The molecule has 1 aliphatic rings. The summed E-state index contributed by atoms with van der Waals surface area (Å²) in [5, 5.41) is 4.27. The summed E-state index contributed by atoms with van der Waals surface area (Å²) in [5.74, 6) is 0.408. The van der Waals surface area contributed by atoms with Gasteiger partial charge in [0.1, 0.15) is 0 Å². The molecule has 1 atom stereocenters. The summed E-state index contributed by atoms with van der Waals surface area (Å²) in [5.41, 5.74) is 7.10. The fraction of sp³-hybridized carbons (Fsp3) is 0.611. The molecule has 6 heteroatoms. The van der Waals surface area contributed by atoms with Crippen LogP contribution in [0.5, 0.6) is 0 Å². The number of hydrogen-bond donors (Lipinski definition) is 2. The van der Waals surface area contributed by atoms with E-state index in [0.717, 1.165) is 44.5 Å². The lowest BCUT2D eigenvalue weighted by molar-refractivity contribution is -0.123. The topological polar surface area (TPSA) is 58.4 Å². The number of nitrogens with two attached hydrogens (primary N) is 1. The molecule has 1 aromatic rings. The number of amides is 1. The standard InChI is InChI=1S/C18H27Cl2N3O/c1-12(2)9-17(21)18(24)22-14-5-7-23(8-6-14)11-13-3-4-15(19)16(20)10-13/h3-4,10,12,14,17H,5-9,11,21H2,1-2H3,(H,22,24)/t17-/m0/s1. The summed E-state index contributed by atoms with van der Waals surface area (Å²) < 4.78 is 0. The van der Waals surface area contributed by atoms with E-state index in [2.05, 4.69) is 24.1 Å². The molecule has 1 aromatic carbocycles. The normalized spacial score (nSPS) is 17.9. The Morgan fingerprint density at radius 2 is 1.96 bits per heavy atom. The molecule has 1 fully saturated rings. The number of piperidine rings is 1. The Labute approximate surface area is 154 Å². The molecular formula is C18H27Cl2N3O. The number of hydrogen-bond acceptors (Lipinski definition) is 3. The molecule has 2 rings (SSSR count). The molecule has 134 valence electrons. The van der Waals surface area contributed by atoms with Crippen molar-refractivity contribution in [2.45, 2.75) is 51.7 Å². The van der Waals surface area contributed by atoms with Crippen molar-refractivity contribution < 1.29 is 4.79 Å². The largest absolute Gasteiger partial charge is 0.352 e. The minimum atomic E-state index is -0.403. The van der Waals surface area contributed by atoms with Gasteiger partial charge in [-0.25, -0.2) is 0 Å². The van der Waals surface area contributed by atoms with E-state index in [1.807, 2.05) is 18.2 Å². The Balaban J connectivity index is 1.76. The summed E-state index contributed by atoms with van der Waals surface area (Å²) in [7, 11) is 0. The molecule has 1 saturated heterocycles. The van der Waals surface area contributed by atoms with Gasteiger partial charge < -0.3 is 11.1 Å². The van der Waals surface area contributed by atoms with Gasteiger partial charge in [0.15, 0.2) is 0 Å². The van der Waals surface area contributed by atoms with Crippen LogP contribution in [-0.2, 0) is 11.3 Å². The molecule has 0 spiro atoms. The van der Waals surface area contributed by atoms with E-state index < -0.39 is 6.04 Å². The van der Waals surface area contributed by atoms with Crippen LogP contribution in [0, 0.1) is 5.92 Å². The highest BCUT2D eigenvalue weighted by Crippen LogP contribution is 2.24. The number of likely N-dealkylation sites (tertiary alicyclic amines) is 1. The molecule has 1 heterocycles. The molecule has 0 aromatic heterocycles. The molecule has 24 heavy (non-hydrogen) atoms. The van der Waals surface area contributed by atoms with E-state index in [4.69, 9.17) is 28.9 Å². The van der Waals surface area contributed by atoms with Crippen LogP contribution >= 0.6 is 23.2 Å². The van der Waals surface area contributed by atoms with Gasteiger partial charge in [-0.1, -0.05) is 43.1 Å². The molecule has 0 saturated carbocycles. The summed E-state index contributed by atoms with van der Waals surface area (Å²) in [6, 6.07) is 5.58. The molecule has 4 nitrogen and oxygen atoms in total. The molecule has 0 bridgehead atoms. The van der Waals surface area contributed by atoms with E-state index in [9.17, 15) is 4.79 Å². The Morgan fingerprint density at radius 3 is 2.54 bits per heavy atom. The molecule has 0 radical (unpaired) electrons. The van der Waals surface area contributed by atoms with Crippen LogP contribution in [0.3, 0.4) is 0 Å². The van der Waals surface area contributed by atoms with Crippen molar-refractivity contribution in [3.05, 3.63) is 33.8 Å². The van der Waals surface area contributed by atoms with Gasteiger partial charge in [-0.15, -0.1) is 0 Å². The van der Waals surface area contributed by atoms with E-state index in [1.165, 1.54) is 0 Å². The van der Waals surface area contributed by atoms with E-state index >= 15 is 0 Å². The van der Waals surface area contributed by atoms with Crippen molar-refractivity contribution in [2.24, 2.45) is 11.7 Å². The zero-order chi connectivity index (χ0) is 17.7. The summed E-state index contributed by atoms with van der Waals surface area (Å²) in [6.07, 6.45) is 2.62. The number of nitrogens with zero attached hydrogens (tertiary/aromatic N) is 1. The number of nitrogens with one attached hydrogen (secondary N) is 1. The van der Waals surface area contributed by atoms with Crippen molar-refractivity contribution >= 4 is 29.1 Å². The van der Waals surface area contributed by atoms with Crippen LogP contribution in [0.1, 0.15) is 38.7 Å². The lowest BCUT2D eigenvalue weighted by Gasteiger charge is -2.33. The van der Waals surface area contributed by atoms with Crippen molar-refractivity contribution in [3.8, 4) is 0 Å². The number of carbonyl (C=O) groups excluding carboxylic acids is 1. The Morgan fingerprint density at radius 1 is 1.29 bits per heavy atom. The van der Waals surface area contributed by atoms with E-state index in [0.29, 0.717) is 16.0 Å². The van der Waals surface area contributed by atoms with E-state index in [-0.39, 0.29) is 11.9 Å². The van der Waals surface area contributed by atoms with E-state index in [1.54, 1.807) is 0 Å². The number of rotatable bonds is 6. The predicted octanol–water partition coefficient (Wildman–Crippen LogP) is 3.45. The van der Waals surface area contributed by atoms with Crippen LogP contribution in [0.15, 0.2) is 18.2 Å². The molecule has 1 aliphatic heterocycles. The summed E-state index contributed by atoms with van der Waals surface area (Å²) >= 11 is 12.0. The quantitative estimate of drug-likeness (QED) is 0.804. The summed E-state index contributed by atoms with van der Waals surface area (Å²) in [4.78, 5) is 14.5. The molecule has 1 amide bonds. The third-order valence-electron chi connectivity index (χ3n) is 4.39. The Bertz CT molecular complexity index is 557. The zero-order valence-electron chi connectivity index (χ0n) is 14.4. The van der Waals surface area contributed by atoms with Crippen molar-refractivity contribution in [2.75, 3.05) is 13.1 Å². The molecule has 0 aliphatic carbocycles. The molecule has 3 N–H and O–H groups in total. The first kappa shape index (κ1) is 19.5. The minimum Gasteiger partial charge on any atom is -0.352 e. The predicted molar refractivity (Wildman–Crippen MR) is 100 cm³/mol. The number of halogens is 2. The second kappa shape index (κ2) is 9.04. The lowest BCUT2D eigenvalue weighted by Crippen LogP contribution is -2.49. The maximum Gasteiger partial charge on any atom is 0.237 e. The summed E-state index contributed by atoms with van der Waals surface area (Å²) in [6.45, 7) is 6.91. The van der Waals surface area contributed by atoms with Crippen molar-refractivity contribution in [3.63, 3.8) is 0 Å². The number of carbonyl (C=O) groups is 1. The average Bonchev–Trinajstić information content (AvgIpc) is 2.52. The fourth-order valence-electron chi connectivity index (χ4n) is 3.05. The first-order chi connectivity index (χ1) is 11.3. The van der Waals surface area contributed by atoms with Gasteiger partial charge in [-0.05, 0) is 42.9 Å². The highest BCUT2D eigenvalue weighted by Gasteiger charge is 2.23. The van der Waals surface area contributed by atoms with Gasteiger partial charge >= 0.3 is 0 Å². The maximum atomic E-state index is 12.1. The molecular weight excluding hydrogens is 345 g/mol. The van der Waals surface area contributed by atoms with Gasteiger partial charge in [-0.2, -0.15) is 0 Å². The van der Waals surface area contributed by atoms with Gasteiger partial charge in [0.05, 0.1) is 16.1 Å². The highest BCUT2D eigenvalue weighted by molar-refractivity contribution is 6.42. The van der Waals surface area contributed by atoms with Crippen LogP contribution < -0.4 is 11.1 Å². The minimum absolute atomic E-state index is 0.0216. The third kappa shape index (κ3) is 5.92. The smallest absolute Gasteiger partial charge is 0.237 e. The molecule has 0 unspecified atom stereocenters. The van der Waals surface area contributed by atoms with Gasteiger partial charge in [0.25, 0.3) is 0 Å². The van der Waals surface area contributed by atoms with Gasteiger partial charge in [0.2, 0.25) is 5.91 Å². The van der Waals surface area contributed by atoms with Crippen molar-refractivity contribution in [1.29, 1.82) is 0 Å². The Kier molecular flexibility index (Phi) is 7.35. The lowest BCUT2D eigenvalue weighted by atomic mass is 10.0. The zero-order valence-corrected chi connectivity index (χ0v) is 15.9. The van der Waals surface area contributed by atoms with Crippen LogP contribution in [0.2, 0.25) is 10.0 Å². The second-order valence-corrected chi connectivity index (χ2v) is 7.86. The van der Waals surface area contributed by atoms with Crippen LogP contribution in [0.25, 0.3) is 0 Å². The average molecular weight is 372 g/mol. The highest BCUT2D eigenvalue weighted by atomic mass is 35.5. The van der Waals surface area contributed by atoms with Crippen LogP contribution in [-0.4, -0.2) is 36.0 Å². The second-order valence-electron chi connectivity index (χ2n) is 7.04. The van der Waals surface area contributed by atoms with Gasteiger partial charge in [-0.3, -0.25) is 9.69 Å². The maximum absolute atomic E-state index is 12.1. The fourth-order valence-corrected chi connectivity index (χ4v) is 3.38. The first-order valence-corrected chi connectivity index (χ1v) is 9.33. The van der Waals surface area contributed by atoms with Crippen LogP contribution in [0.4, 0.5) is 0 Å². The SMILES string of the molecule is CC(C)C[C@H](N)C(=O)NC1CCN(Cc2ccc(Cl)c(Cl)c2)CC1. The third-order valence-corrected chi connectivity index (χ3v) is 5.13. The first-order valence-electron chi connectivity index (χ1n) is 8.57.